The summed E-state index contributed by atoms with van der Waals surface area (Å²) in [5.41, 5.74) is 6.29. The molecule has 1 aliphatic heterocycles. The molecule has 0 atom stereocenters. The van der Waals surface area contributed by atoms with E-state index in [1.807, 2.05) is 6.07 Å². The number of fused-ring (bicyclic) bond motifs is 1. The van der Waals surface area contributed by atoms with Crippen LogP contribution >= 0.6 is 11.6 Å². The van der Waals surface area contributed by atoms with Gasteiger partial charge < -0.3 is 20.5 Å². The molecule has 26 heavy (non-hydrogen) atoms. The molecule has 2 aromatic carbocycles. The van der Waals surface area contributed by atoms with Gasteiger partial charge in [-0.3, -0.25) is 14.9 Å². The van der Waals surface area contributed by atoms with Gasteiger partial charge >= 0.3 is 0 Å². The Morgan fingerprint density at radius 2 is 2.04 bits per heavy atom. The lowest BCUT2D eigenvalue weighted by atomic mass is 10.1. The topological polar surface area (TPSA) is 117 Å². The molecule has 0 aliphatic carbocycles. The highest BCUT2D eigenvalue weighted by atomic mass is 35.5. The zero-order chi connectivity index (χ0) is 18.7. The second-order valence-electron chi connectivity index (χ2n) is 5.64. The molecule has 1 aliphatic rings. The summed E-state index contributed by atoms with van der Waals surface area (Å²) in [4.78, 5) is 22.5. The molecular formula is C17H16ClN3O5. The number of carbonyl (C=O) groups is 1. The van der Waals surface area contributed by atoms with Crippen LogP contribution in [0, 0.1) is 10.1 Å². The van der Waals surface area contributed by atoms with Gasteiger partial charge in [0, 0.05) is 18.2 Å². The number of nitrogen functional groups attached to an aromatic ring is 1. The summed E-state index contributed by atoms with van der Waals surface area (Å²) in [5.74, 6) is 0.691. The number of nitrogens with zero attached hydrogens (tertiary/aromatic N) is 1. The lowest BCUT2D eigenvalue weighted by Crippen LogP contribution is -2.26. The molecule has 8 nitrogen and oxygen atoms in total. The summed E-state index contributed by atoms with van der Waals surface area (Å²) in [6, 6.07) is 7.52. The van der Waals surface area contributed by atoms with Gasteiger partial charge in [-0.1, -0.05) is 11.6 Å². The molecule has 0 spiro atoms. The van der Waals surface area contributed by atoms with Gasteiger partial charge in [-0.2, -0.15) is 0 Å². The number of nitrogens with one attached hydrogen (secondary N) is 1. The number of amides is 1. The zero-order valence-electron chi connectivity index (χ0n) is 13.7. The van der Waals surface area contributed by atoms with Crippen LogP contribution in [0.3, 0.4) is 0 Å². The number of rotatable bonds is 5. The summed E-state index contributed by atoms with van der Waals surface area (Å²) in [7, 11) is 0. The number of nitro groups is 1. The van der Waals surface area contributed by atoms with Crippen molar-refractivity contribution < 1.29 is 19.2 Å². The molecule has 1 amide bonds. The molecule has 136 valence electrons. The van der Waals surface area contributed by atoms with E-state index in [0.717, 1.165) is 11.6 Å². The molecule has 0 fully saturated rings. The monoisotopic (exact) mass is 377 g/mol. The van der Waals surface area contributed by atoms with Crippen LogP contribution in [0.15, 0.2) is 30.3 Å². The molecule has 3 rings (SSSR count). The third kappa shape index (κ3) is 3.80. The van der Waals surface area contributed by atoms with Gasteiger partial charge in [0.1, 0.15) is 18.9 Å². The molecule has 0 bridgehead atoms. The second-order valence-corrected chi connectivity index (χ2v) is 6.05. The van der Waals surface area contributed by atoms with Crippen molar-refractivity contribution >= 4 is 28.9 Å². The maximum atomic E-state index is 12.2. The van der Waals surface area contributed by atoms with Crippen molar-refractivity contribution in [2.45, 2.75) is 6.42 Å². The first-order valence-electron chi connectivity index (χ1n) is 7.86. The number of nitro benzene ring substituents is 1. The average molecular weight is 378 g/mol. The fraction of sp³-hybridized carbons (Fsp3) is 0.235. The Labute approximate surface area is 154 Å². The van der Waals surface area contributed by atoms with Gasteiger partial charge in [0.05, 0.1) is 9.95 Å². The normalized spacial score (nSPS) is 12.5. The second kappa shape index (κ2) is 7.49. The Kier molecular flexibility index (Phi) is 5.13. The highest BCUT2D eigenvalue weighted by molar-refractivity contribution is 6.32. The quantitative estimate of drug-likeness (QED) is 0.470. The molecule has 0 saturated heterocycles. The van der Waals surface area contributed by atoms with Crippen LogP contribution in [0.1, 0.15) is 15.9 Å². The van der Waals surface area contributed by atoms with Crippen LogP contribution in [0.4, 0.5) is 11.4 Å². The number of benzene rings is 2. The van der Waals surface area contributed by atoms with Gasteiger partial charge in [-0.05, 0) is 36.2 Å². The minimum absolute atomic E-state index is 0.0115. The van der Waals surface area contributed by atoms with E-state index in [1.165, 1.54) is 12.1 Å². The SMILES string of the molecule is Nc1ccc(C(=O)NCCc2cc(Cl)c3c(c2)OCCO3)cc1[N+](=O)[O-]. The number of anilines is 1. The van der Waals surface area contributed by atoms with Crippen molar-refractivity contribution in [2.75, 3.05) is 25.5 Å². The summed E-state index contributed by atoms with van der Waals surface area (Å²) < 4.78 is 11.0. The third-order valence-electron chi connectivity index (χ3n) is 3.85. The largest absolute Gasteiger partial charge is 0.486 e. The number of nitrogens with two attached hydrogens (primary N) is 1. The Morgan fingerprint density at radius 1 is 1.27 bits per heavy atom. The molecular weight excluding hydrogens is 362 g/mol. The Morgan fingerprint density at radius 3 is 2.81 bits per heavy atom. The fourth-order valence-corrected chi connectivity index (χ4v) is 2.86. The van der Waals surface area contributed by atoms with E-state index in [2.05, 4.69) is 5.32 Å². The molecule has 1 heterocycles. The molecule has 0 unspecified atom stereocenters. The molecule has 9 heteroatoms. The number of halogens is 1. The van der Waals surface area contributed by atoms with E-state index < -0.39 is 10.8 Å². The van der Waals surface area contributed by atoms with Crippen molar-refractivity contribution in [1.82, 2.24) is 5.32 Å². The summed E-state index contributed by atoms with van der Waals surface area (Å²) in [5, 5.41) is 14.1. The first-order chi connectivity index (χ1) is 12.5. The zero-order valence-corrected chi connectivity index (χ0v) is 14.4. The smallest absolute Gasteiger partial charge is 0.292 e. The predicted molar refractivity (Wildman–Crippen MR) is 96.0 cm³/mol. The van der Waals surface area contributed by atoms with E-state index in [4.69, 9.17) is 26.8 Å². The van der Waals surface area contributed by atoms with Crippen LogP contribution in [0.5, 0.6) is 11.5 Å². The maximum absolute atomic E-state index is 12.2. The number of hydrogen-bond acceptors (Lipinski definition) is 6. The van der Waals surface area contributed by atoms with Crippen molar-refractivity contribution in [2.24, 2.45) is 0 Å². The maximum Gasteiger partial charge on any atom is 0.292 e. The fourth-order valence-electron chi connectivity index (χ4n) is 2.57. The summed E-state index contributed by atoms with van der Waals surface area (Å²) in [6.45, 7) is 1.24. The van der Waals surface area contributed by atoms with E-state index in [1.54, 1.807) is 6.07 Å². The van der Waals surface area contributed by atoms with Crippen LogP contribution in [0.25, 0.3) is 0 Å². The van der Waals surface area contributed by atoms with E-state index >= 15 is 0 Å². The third-order valence-corrected chi connectivity index (χ3v) is 4.13. The van der Waals surface area contributed by atoms with E-state index in [-0.39, 0.29) is 16.9 Å². The van der Waals surface area contributed by atoms with Crippen LogP contribution in [-0.2, 0) is 6.42 Å². The Hall–Kier alpha value is -3.00. The molecule has 2 aromatic rings. The van der Waals surface area contributed by atoms with Crippen molar-refractivity contribution in [3.63, 3.8) is 0 Å². The van der Waals surface area contributed by atoms with Crippen LogP contribution in [0.2, 0.25) is 5.02 Å². The minimum atomic E-state index is -0.622. The van der Waals surface area contributed by atoms with Gasteiger partial charge in [0.2, 0.25) is 0 Å². The molecule has 0 radical (unpaired) electrons. The van der Waals surface area contributed by atoms with Gasteiger partial charge in [-0.15, -0.1) is 0 Å². The lowest BCUT2D eigenvalue weighted by Gasteiger charge is -2.20. The van der Waals surface area contributed by atoms with Crippen LogP contribution < -0.4 is 20.5 Å². The lowest BCUT2D eigenvalue weighted by molar-refractivity contribution is -0.383. The molecule has 0 aromatic heterocycles. The average Bonchev–Trinajstić information content (AvgIpc) is 2.62. The van der Waals surface area contributed by atoms with E-state index in [0.29, 0.717) is 42.7 Å². The molecule has 3 N–H and O–H groups in total. The number of carbonyl (C=O) groups excluding carboxylic acids is 1. The van der Waals surface area contributed by atoms with Gasteiger partial charge in [0.25, 0.3) is 11.6 Å². The van der Waals surface area contributed by atoms with Gasteiger partial charge in [0.15, 0.2) is 11.5 Å². The standard InChI is InChI=1S/C17H16ClN3O5/c18-12-7-10(8-15-16(12)26-6-5-25-15)3-4-20-17(22)11-1-2-13(19)14(9-11)21(23)24/h1-2,7-9H,3-6,19H2,(H,20,22). The van der Waals surface area contributed by atoms with Gasteiger partial charge in [-0.25, -0.2) is 0 Å². The summed E-state index contributed by atoms with van der Waals surface area (Å²) >= 11 is 6.18. The van der Waals surface area contributed by atoms with Crippen molar-refractivity contribution in [1.29, 1.82) is 0 Å². The molecule has 0 saturated carbocycles. The van der Waals surface area contributed by atoms with Crippen molar-refractivity contribution in [3.8, 4) is 11.5 Å². The minimum Gasteiger partial charge on any atom is -0.486 e. The van der Waals surface area contributed by atoms with Crippen LogP contribution in [-0.4, -0.2) is 30.6 Å². The van der Waals surface area contributed by atoms with E-state index in [9.17, 15) is 14.9 Å². The highest BCUT2D eigenvalue weighted by Crippen LogP contribution is 2.38. The predicted octanol–water partition coefficient (Wildman–Crippen LogP) is 2.57. The Bertz CT molecular complexity index is 872. The summed E-state index contributed by atoms with van der Waals surface area (Å²) in [6.07, 6.45) is 0.513. The first kappa shape index (κ1) is 17.8. The van der Waals surface area contributed by atoms with Crippen molar-refractivity contribution in [3.05, 3.63) is 56.6 Å². The number of hydrogen-bond donors (Lipinski definition) is 2. The number of ether oxygens (including phenoxy) is 2. The Balaban J connectivity index is 1.63. The first-order valence-corrected chi connectivity index (χ1v) is 8.23. The highest BCUT2D eigenvalue weighted by Gasteiger charge is 2.17.